The van der Waals surface area contributed by atoms with Crippen molar-refractivity contribution in [3.8, 4) is 0 Å². The van der Waals surface area contributed by atoms with Crippen LogP contribution < -0.4 is 10.5 Å². The third-order valence-electron chi connectivity index (χ3n) is 2.65. The molecule has 0 fully saturated rings. The summed E-state index contributed by atoms with van der Waals surface area (Å²) >= 11 is 6.47. The lowest BCUT2D eigenvalue weighted by molar-refractivity contribution is 0.428. The lowest BCUT2D eigenvalue weighted by Crippen LogP contribution is -2.28. The molecule has 6 nitrogen and oxygen atoms in total. The zero-order valence-electron chi connectivity index (χ0n) is 11.2. The summed E-state index contributed by atoms with van der Waals surface area (Å²) in [6.07, 6.45) is 1.53. The average Bonchev–Trinajstić information content (AvgIpc) is 2.73. The Kier molecular flexibility index (Phi) is 4.76. The quantitative estimate of drug-likeness (QED) is 0.714. The normalized spacial score (nSPS) is 13.3. The Morgan fingerprint density at radius 3 is 2.57 bits per heavy atom. The SMILES string of the molecule is Cc1cnc(C(C)NS(=O)(=O)c2c(N)cc(Br)cc2Br)o1. The first-order valence-corrected chi connectivity index (χ1v) is 8.97. The Balaban J connectivity index is 2.35. The van der Waals surface area contributed by atoms with E-state index in [1.54, 1.807) is 19.9 Å². The predicted molar refractivity (Wildman–Crippen MR) is 86.2 cm³/mol. The van der Waals surface area contributed by atoms with Crippen LogP contribution in [0.1, 0.15) is 24.6 Å². The number of halogens is 2. The van der Waals surface area contributed by atoms with Gasteiger partial charge in [0.25, 0.3) is 0 Å². The van der Waals surface area contributed by atoms with E-state index in [4.69, 9.17) is 10.2 Å². The van der Waals surface area contributed by atoms with Gasteiger partial charge in [0.05, 0.1) is 17.9 Å². The lowest BCUT2D eigenvalue weighted by atomic mass is 10.3. The van der Waals surface area contributed by atoms with Gasteiger partial charge in [-0.1, -0.05) is 15.9 Å². The second kappa shape index (κ2) is 6.07. The molecule has 2 aromatic rings. The van der Waals surface area contributed by atoms with Crippen molar-refractivity contribution in [1.29, 1.82) is 0 Å². The van der Waals surface area contributed by atoms with Crippen molar-refractivity contribution in [2.45, 2.75) is 24.8 Å². The number of anilines is 1. The molecule has 0 amide bonds. The highest BCUT2D eigenvalue weighted by Gasteiger charge is 2.25. The Morgan fingerprint density at radius 1 is 1.38 bits per heavy atom. The van der Waals surface area contributed by atoms with Crippen LogP contribution in [0.3, 0.4) is 0 Å². The largest absolute Gasteiger partial charge is 0.444 e. The zero-order valence-corrected chi connectivity index (χ0v) is 15.2. The fourth-order valence-corrected chi connectivity index (χ4v) is 5.04. The van der Waals surface area contributed by atoms with Crippen molar-refractivity contribution in [3.05, 3.63) is 38.9 Å². The molecule has 1 aromatic heterocycles. The molecule has 0 saturated heterocycles. The van der Waals surface area contributed by atoms with Crippen molar-refractivity contribution in [3.63, 3.8) is 0 Å². The molecule has 0 aliphatic heterocycles. The van der Waals surface area contributed by atoms with Crippen LogP contribution >= 0.6 is 31.9 Å². The molecule has 114 valence electrons. The number of nitrogen functional groups attached to an aromatic ring is 1. The summed E-state index contributed by atoms with van der Waals surface area (Å²) in [6, 6.07) is 2.53. The number of nitrogens with two attached hydrogens (primary N) is 1. The minimum absolute atomic E-state index is 0.0131. The number of benzene rings is 1. The highest BCUT2D eigenvalue weighted by atomic mass is 79.9. The fraction of sp³-hybridized carbons (Fsp3) is 0.250. The van der Waals surface area contributed by atoms with Gasteiger partial charge in [-0.05, 0) is 41.9 Å². The first-order chi connectivity index (χ1) is 9.70. The van der Waals surface area contributed by atoms with Crippen LogP contribution in [0.25, 0.3) is 0 Å². The van der Waals surface area contributed by atoms with Gasteiger partial charge in [-0.15, -0.1) is 0 Å². The molecule has 1 aromatic carbocycles. The van der Waals surface area contributed by atoms with E-state index >= 15 is 0 Å². The van der Waals surface area contributed by atoms with Crippen molar-refractivity contribution in [1.82, 2.24) is 9.71 Å². The molecule has 0 spiro atoms. The molecule has 0 radical (unpaired) electrons. The van der Waals surface area contributed by atoms with Gasteiger partial charge < -0.3 is 10.2 Å². The van der Waals surface area contributed by atoms with Crippen molar-refractivity contribution >= 4 is 47.6 Å². The number of aromatic nitrogens is 1. The minimum Gasteiger partial charge on any atom is -0.444 e. The predicted octanol–water partition coefficient (Wildman–Crippen LogP) is 3.13. The maximum atomic E-state index is 12.5. The summed E-state index contributed by atoms with van der Waals surface area (Å²) in [5.41, 5.74) is 5.95. The van der Waals surface area contributed by atoms with Crippen molar-refractivity contribution in [2.75, 3.05) is 5.73 Å². The van der Waals surface area contributed by atoms with E-state index in [1.165, 1.54) is 12.3 Å². The van der Waals surface area contributed by atoms with Crippen molar-refractivity contribution < 1.29 is 12.8 Å². The van der Waals surface area contributed by atoms with Gasteiger partial charge in [0.2, 0.25) is 15.9 Å². The number of hydrogen-bond donors (Lipinski definition) is 2. The molecule has 21 heavy (non-hydrogen) atoms. The van der Waals surface area contributed by atoms with E-state index in [1.807, 2.05) is 0 Å². The highest BCUT2D eigenvalue weighted by molar-refractivity contribution is 9.11. The van der Waals surface area contributed by atoms with Gasteiger partial charge in [0.15, 0.2) is 0 Å². The third kappa shape index (κ3) is 3.65. The summed E-state index contributed by atoms with van der Waals surface area (Å²) < 4.78 is 33.8. The van der Waals surface area contributed by atoms with Crippen LogP contribution in [-0.2, 0) is 10.0 Å². The molecule has 9 heteroatoms. The average molecular weight is 439 g/mol. The highest BCUT2D eigenvalue weighted by Crippen LogP contribution is 2.32. The first-order valence-electron chi connectivity index (χ1n) is 5.90. The number of nitrogens with zero attached hydrogens (tertiary/aromatic N) is 1. The lowest BCUT2D eigenvalue weighted by Gasteiger charge is -2.14. The molecule has 1 unspecified atom stereocenters. The number of rotatable bonds is 4. The summed E-state index contributed by atoms with van der Waals surface area (Å²) in [7, 11) is -3.82. The molecule has 0 aliphatic rings. The summed E-state index contributed by atoms with van der Waals surface area (Å²) in [4.78, 5) is 4.00. The van der Waals surface area contributed by atoms with Gasteiger partial charge in [-0.25, -0.2) is 13.4 Å². The van der Waals surface area contributed by atoms with Gasteiger partial charge in [-0.3, -0.25) is 0 Å². The van der Waals surface area contributed by atoms with Crippen LogP contribution in [0.2, 0.25) is 0 Å². The van der Waals surface area contributed by atoms with Crippen LogP contribution in [0.5, 0.6) is 0 Å². The van der Waals surface area contributed by atoms with Crippen LogP contribution in [0, 0.1) is 6.92 Å². The molecule has 0 saturated carbocycles. The Hall–Kier alpha value is -0.900. The molecular formula is C12H13Br2N3O3S. The Labute approximate surface area is 139 Å². The standard InChI is InChI=1S/C12H13Br2N3O3S/c1-6-5-16-12(20-6)7(2)17-21(18,19)11-9(14)3-8(13)4-10(11)15/h3-5,7,17H,15H2,1-2H3. The molecule has 2 rings (SSSR count). The van der Waals surface area contributed by atoms with E-state index in [-0.39, 0.29) is 10.6 Å². The van der Waals surface area contributed by atoms with E-state index in [9.17, 15) is 8.42 Å². The topological polar surface area (TPSA) is 98.2 Å². The maximum absolute atomic E-state index is 12.5. The monoisotopic (exact) mass is 437 g/mol. The summed E-state index contributed by atoms with van der Waals surface area (Å²) in [5, 5.41) is 0. The molecular weight excluding hydrogens is 426 g/mol. The Morgan fingerprint density at radius 2 is 2.05 bits per heavy atom. The molecule has 3 N–H and O–H groups in total. The number of sulfonamides is 1. The van der Waals surface area contributed by atoms with Gasteiger partial charge >= 0.3 is 0 Å². The summed E-state index contributed by atoms with van der Waals surface area (Å²) in [5.74, 6) is 0.906. The smallest absolute Gasteiger partial charge is 0.244 e. The zero-order chi connectivity index (χ0) is 15.8. The van der Waals surface area contributed by atoms with Crippen molar-refractivity contribution in [2.24, 2.45) is 0 Å². The molecule has 1 atom stereocenters. The van der Waals surface area contributed by atoms with Crippen LogP contribution in [0.4, 0.5) is 5.69 Å². The molecule has 0 bridgehead atoms. The van der Waals surface area contributed by atoms with Crippen LogP contribution in [-0.4, -0.2) is 13.4 Å². The first kappa shape index (κ1) is 16.5. The Bertz CT molecular complexity index is 751. The number of hydrogen-bond acceptors (Lipinski definition) is 5. The summed E-state index contributed by atoms with van der Waals surface area (Å²) in [6.45, 7) is 3.38. The minimum atomic E-state index is -3.82. The number of oxazole rings is 1. The number of nitrogens with one attached hydrogen (secondary N) is 1. The number of aryl methyl sites for hydroxylation is 1. The van der Waals surface area contributed by atoms with E-state index in [0.717, 1.165) is 0 Å². The molecule has 1 heterocycles. The second-order valence-electron chi connectivity index (χ2n) is 4.46. The second-order valence-corrected chi connectivity index (χ2v) is 7.88. The van der Waals surface area contributed by atoms with Gasteiger partial charge in [-0.2, -0.15) is 4.72 Å². The third-order valence-corrected chi connectivity index (χ3v) is 5.65. The van der Waals surface area contributed by atoms with E-state index < -0.39 is 16.1 Å². The maximum Gasteiger partial charge on any atom is 0.244 e. The van der Waals surface area contributed by atoms with E-state index in [0.29, 0.717) is 20.6 Å². The fourth-order valence-electron chi connectivity index (χ4n) is 1.78. The van der Waals surface area contributed by atoms with Gasteiger partial charge in [0.1, 0.15) is 10.7 Å². The van der Waals surface area contributed by atoms with Crippen LogP contribution in [0.15, 0.2) is 36.6 Å². The molecule has 0 aliphatic carbocycles. The van der Waals surface area contributed by atoms with Gasteiger partial charge in [0, 0.05) is 8.95 Å². The van der Waals surface area contributed by atoms with E-state index in [2.05, 4.69) is 41.6 Å².